The highest BCUT2D eigenvalue weighted by Crippen LogP contribution is 2.19. The maximum Gasteiger partial charge on any atom is 0.269 e. The Labute approximate surface area is 160 Å². The first-order valence-corrected chi connectivity index (χ1v) is 8.58. The molecule has 3 aromatic rings. The highest BCUT2D eigenvalue weighted by atomic mass is 19.1. The number of benzene rings is 2. The van der Waals surface area contributed by atoms with Gasteiger partial charge in [-0.05, 0) is 36.2 Å². The molecule has 0 aliphatic rings. The quantitative estimate of drug-likeness (QED) is 0.686. The van der Waals surface area contributed by atoms with E-state index < -0.39 is 29.1 Å². The van der Waals surface area contributed by atoms with E-state index in [1.54, 1.807) is 0 Å². The van der Waals surface area contributed by atoms with Crippen molar-refractivity contribution >= 4 is 17.5 Å². The summed E-state index contributed by atoms with van der Waals surface area (Å²) in [5.74, 6) is -2.96. The standard InChI is InChI=1S/C21H17F2N3O2/c22-16-7-4-8-17(23)19(16)26-20(27)15-10-12-24-18(13-15)21(28)25-11-9-14-5-2-1-3-6-14/h1-8,10,12-13H,9,11H2,(H,25,28)(H,26,27). The lowest BCUT2D eigenvalue weighted by Crippen LogP contribution is -2.27. The second-order valence-electron chi connectivity index (χ2n) is 5.97. The van der Waals surface area contributed by atoms with E-state index in [1.807, 2.05) is 30.3 Å². The zero-order chi connectivity index (χ0) is 19.9. The monoisotopic (exact) mass is 381 g/mol. The Hall–Kier alpha value is -3.61. The van der Waals surface area contributed by atoms with Crippen molar-refractivity contribution in [2.45, 2.75) is 6.42 Å². The molecule has 0 aliphatic carbocycles. The third-order valence-corrected chi connectivity index (χ3v) is 4.00. The van der Waals surface area contributed by atoms with Gasteiger partial charge in [0.15, 0.2) is 0 Å². The summed E-state index contributed by atoms with van der Waals surface area (Å²) in [4.78, 5) is 28.5. The van der Waals surface area contributed by atoms with Gasteiger partial charge in [0, 0.05) is 18.3 Å². The summed E-state index contributed by atoms with van der Waals surface area (Å²) in [5.41, 5.74) is 0.634. The zero-order valence-electron chi connectivity index (χ0n) is 14.8. The Kier molecular flexibility index (Phi) is 6.06. The number of amides is 2. The van der Waals surface area contributed by atoms with Crippen LogP contribution >= 0.6 is 0 Å². The summed E-state index contributed by atoms with van der Waals surface area (Å²) >= 11 is 0. The molecule has 0 spiro atoms. The fourth-order valence-corrected chi connectivity index (χ4v) is 2.55. The van der Waals surface area contributed by atoms with Gasteiger partial charge >= 0.3 is 0 Å². The molecule has 1 aromatic heterocycles. The van der Waals surface area contributed by atoms with Crippen LogP contribution in [0, 0.1) is 11.6 Å². The average molecular weight is 381 g/mol. The Morgan fingerprint density at radius 2 is 1.61 bits per heavy atom. The SMILES string of the molecule is O=C(Nc1c(F)cccc1F)c1ccnc(C(=O)NCCc2ccccc2)c1. The van der Waals surface area contributed by atoms with Gasteiger partial charge in [0.25, 0.3) is 11.8 Å². The van der Waals surface area contributed by atoms with Gasteiger partial charge in [0.2, 0.25) is 0 Å². The van der Waals surface area contributed by atoms with E-state index in [0.29, 0.717) is 13.0 Å². The maximum absolute atomic E-state index is 13.7. The van der Waals surface area contributed by atoms with Crippen LogP contribution < -0.4 is 10.6 Å². The predicted molar refractivity (Wildman–Crippen MR) is 101 cm³/mol. The third-order valence-electron chi connectivity index (χ3n) is 4.00. The van der Waals surface area contributed by atoms with Crippen molar-refractivity contribution in [2.24, 2.45) is 0 Å². The van der Waals surface area contributed by atoms with Crippen LogP contribution in [0.1, 0.15) is 26.4 Å². The number of nitrogens with zero attached hydrogens (tertiary/aromatic N) is 1. The first kappa shape index (κ1) is 19.2. The summed E-state index contributed by atoms with van der Waals surface area (Å²) in [6.07, 6.45) is 1.94. The summed E-state index contributed by atoms with van der Waals surface area (Å²) in [6.45, 7) is 0.404. The molecule has 0 atom stereocenters. The Bertz CT molecular complexity index is 974. The van der Waals surface area contributed by atoms with Crippen LogP contribution in [0.5, 0.6) is 0 Å². The molecule has 5 nitrogen and oxygen atoms in total. The van der Waals surface area contributed by atoms with Gasteiger partial charge < -0.3 is 10.6 Å². The molecule has 1 heterocycles. The van der Waals surface area contributed by atoms with Gasteiger partial charge in [-0.15, -0.1) is 0 Å². The summed E-state index contributed by atoms with van der Waals surface area (Å²) in [5, 5.41) is 4.91. The number of rotatable bonds is 6. The van der Waals surface area contributed by atoms with Gasteiger partial charge in [0.05, 0.1) is 0 Å². The molecule has 2 N–H and O–H groups in total. The molecule has 0 unspecified atom stereocenters. The first-order valence-electron chi connectivity index (χ1n) is 8.58. The van der Waals surface area contributed by atoms with Crippen molar-refractivity contribution in [3.63, 3.8) is 0 Å². The topological polar surface area (TPSA) is 71.1 Å². The second-order valence-corrected chi connectivity index (χ2v) is 5.97. The normalized spacial score (nSPS) is 10.4. The lowest BCUT2D eigenvalue weighted by atomic mass is 10.1. The van der Waals surface area contributed by atoms with E-state index >= 15 is 0 Å². The summed E-state index contributed by atoms with van der Waals surface area (Å²) < 4.78 is 27.4. The molecule has 0 radical (unpaired) electrons. The molecular formula is C21H17F2N3O2. The van der Waals surface area contributed by atoms with Crippen LogP contribution in [0.15, 0.2) is 66.9 Å². The lowest BCUT2D eigenvalue weighted by molar-refractivity contribution is 0.0949. The molecule has 3 rings (SSSR count). The fourth-order valence-electron chi connectivity index (χ4n) is 2.55. The van der Waals surface area contributed by atoms with E-state index in [4.69, 9.17) is 0 Å². The minimum atomic E-state index is -0.888. The van der Waals surface area contributed by atoms with Crippen molar-refractivity contribution in [3.05, 3.63) is 95.3 Å². The number of hydrogen-bond acceptors (Lipinski definition) is 3. The number of carbonyl (C=O) groups excluding carboxylic acids is 2. The molecule has 7 heteroatoms. The number of pyridine rings is 1. The molecule has 2 aromatic carbocycles. The van der Waals surface area contributed by atoms with Crippen LogP contribution in [-0.4, -0.2) is 23.3 Å². The second kappa shape index (κ2) is 8.85. The van der Waals surface area contributed by atoms with Crippen molar-refractivity contribution in [3.8, 4) is 0 Å². The van der Waals surface area contributed by atoms with Crippen molar-refractivity contribution in [1.82, 2.24) is 10.3 Å². The number of halogens is 2. The highest BCUT2D eigenvalue weighted by molar-refractivity contribution is 6.05. The molecule has 0 bridgehead atoms. The molecule has 2 amide bonds. The third kappa shape index (κ3) is 4.76. The number of para-hydroxylation sites is 1. The first-order chi connectivity index (χ1) is 13.5. The smallest absolute Gasteiger partial charge is 0.269 e. The van der Waals surface area contributed by atoms with E-state index in [2.05, 4.69) is 15.6 Å². The Morgan fingerprint density at radius 3 is 2.32 bits per heavy atom. The van der Waals surface area contributed by atoms with Gasteiger partial charge in [0.1, 0.15) is 23.0 Å². The van der Waals surface area contributed by atoms with Crippen LogP contribution in [0.4, 0.5) is 14.5 Å². The minimum Gasteiger partial charge on any atom is -0.350 e. The van der Waals surface area contributed by atoms with Gasteiger partial charge in [-0.25, -0.2) is 8.78 Å². The molecule has 0 saturated carbocycles. The van der Waals surface area contributed by atoms with Crippen LogP contribution in [0.25, 0.3) is 0 Å². The number of hydrogen-bond donors (Lipinski definition) is 2. The van der Waals surface area contributed by atoms with Gasteiger partial charge in [-0.3, -0.25) is 14.6 Å². The fraction of sp³-hybridized carbons (Fsp3) is 0.0952. The number of aromatic nitrogens is 1. The van der Waals surface area contributed by atoms with Gasteiger partial charge in [-0.2, -0.15) is 0 Å². The van der Waals surface area contributed by atoms with Crippen molar-refractivity contribution in [1.29, 1.82) is 0 Å². The Balaban J connectivity index is 1.64. The maximum atomic E-state index is 13.7. The van der Waals surface area contributed by atoms with Gasteiger partial charge in [-0.1, -0.05) is 36.4 Å². The van der Waals surface area contributed by atoms with Crippen LogP contribution in [-0.2, 0) is 6.42 Å². The number of carbonyl (C=O) groups is 2. The highest BCUT2D eigenvalue weighted by Gasteiger charge is 2.15. The average Bonchev–Trinajstić information content (AvgIpc) is 2.71. The molecule has 142 valence electrons. The van der Waals surface area contributed by atoms with E-state index in [-0.39, 0.29) is 11.3 Å². The van der Waals surface area contributed by atoms with E-state index in [1.165, 1.54) is 24.4 Å². The molecular weight excluding hydrogens is 364 g/mol. The number of anilines is 1. The molecule has 0 aliphatic heterocycles. The lowest BCUT2D eigenvalue weighted by Gasteiger charge is -2.09. The van der Waals surface area contributed by atoms with Crippen molar-refractivity contribution in [2.75, 3.05) is 11.9 Å². The Morgan fingerprint density at radius 1 is 0.893 bits per heavy atom. The molecule has 0 fully saturated rings. The van der Waals surface area contributed by atoms with E-state index in [9.17, 15) is 18.4 Å². The largest absolute Gasteiger partial charge is 0.350 e. The van der Waals surface area contributed by atoms with Crippen LogP contribution in [0.2, 0.25) is 0 Å². The number of nitrogens with one attached hydrogen (secondary N) is 2. The van der Waals surface area contributed by atoms with E-state index in [0.717, 1.165) is 17.7 Å². The van der Waals surface area contributed by atoms with Crippen LogP contribution in [0.3, 0.4) is 0 Å². The molecule has 28 heavy (non-hydrogen) atoms. The minimum absolute atomic E-state index is 0.0368. The zero-order valence-corrected chi connectivity index (χ0v) is 14.8. The summed E-state index contributed by atoms with van der Waals surface area (Å²) in [7, 11) is 0. The summed E-state index contributed by atoms with van der Waals surface area (Å²) in [6, 6.07) is 15.6. The molecule has 0 saturated heterocycles. The predicted octanol–water partition coefficient (Wildman–Crippen LogP) is 3.58. The van der Waals surface area contributed by atoms with Crippen molar-refractivity contribution < 1.29 is 18.4 Å².